The van der Waals surface area contributed by atoms with Gasteiger partial charge in [0.2, 0.25) is 0 Å². The molecule has 0 aliphatic rings. The smallest absolute Gasteiger partial charge is 0 e. The summed E-state index contributed by atoms with van der Waals surface area (Å²) in [5.41, 5.74) is 3.46. The minimum atomic E-state index is 0. The van der Waals surface area contributed by atoms with Gasteiger partial charge in [-0.3, -0.25) is 0 Å². The molecule has 0 aliphatic heterocycles. The van der Waals surface area contributed by atoms with Crippen LogP contribution in [0.15, 0.2) is 54.6 Å². The van der Waals surface area contributed by atoms with Gasteiger partial charge >= 0.3 is 0 Å². The van der Waals surface area contributed by atoms with Gasteiger partial charge in [-0.15, -0.1) is 28.5 Å². The van der Waals surface area contributed by atoms with Gasteiger partial charge in [-0.1, -0.05) is 25.1 Å². The molecule has 3 aromatic rings. The van der Waals surface area contributed by atoms with E-state index in [-0.39, 0.29) is 98.1 Å². The summed E-state index contributed by atoms with van der Waals surface area (Å²) in [6.45, 7) is 2.08. The Labute approximate surface area is 196 Å². The van der Waals surface area contributed by atoms with Gasteiger partial charge in [-0.2, -0.15) is 36.4 Å². The van der Waals surface area contributed by atoms with Crippen molar-refractivity contribution in [3.05, 3.63) is 72.3 Å². The zero-order valence-electron chi connectivity index (χ0n) is 11.4. The van der Waals surface area contributed by atoms with E-state index in [4.69, 9.17) is 0 Å². The van der Waals surface area contributed by atoms with E-state index >= 15 is 0 Å². The second-order valence-corrected chi connectivity index (χ2v) is 4.22. The van der Waals surface area contributed by atoms with Gasteiger partial charge in [0.15, 0.2) is 0 Å². The van der Waals surface area contributed by atoms with Crippen molar-refractivity contribution < 1.29 is 98.1 Å². The molecular weight excluding hydrogens is 471 g/mol. The number of fused-ring (bicyclic) bond motifs is 1. The molecular formula is C17H12Y3-2. The Bertz CT molecular complexity index is 655. The summed E-state index contributed by atoms with van der Waals surface area (Å²) in [6.07, 6.45) is 0. The van der Waals surface area contributed by atoms with Crippen LogP contribution in [0, 0.1) is 19.1 Å². The molecule has 0 atom stereocenters. The molecule has 0 N–H and O–H groups in total. The first-order valence-electron chi connectivity index (χ1n) is 5.73. The summed E-state index contributed by atoms with van der Waals surface area (Å²) in [5, 5.41) is 2.48. The third-order valence-electron chi connectivity index (χ3n) is 2.96. The van der Waals surface area contributed by atoms with Crippen molar-refractivity contribution in [1.29, 1.82) is 0 Å². The van der Waals surface area contributed by atoms with Crippen LogP contribution in [0.2, 0.25) is 0 Å². The van der Waals surface area contributed by atoms with E-state index in [1.165, 1.54) is 16.3 Å². The first kappa shape index (κ1) is 21.2. The fraction of sp³-hybridized carbons (Fsp3) is 0.0588. The van der Waals surface area contributed by atoms with Crippen molar-refractivity contribution in [1.82, 2.24) is 0 Å². The van der Waals surface area contributed by atoms with Crippen LogP contribution in [-0.4, -0.2) is 0 Å². The molecule has 3 radical (unpaired) electrons. The maximum Gasteiger partial charge on any atom is 0 e. The molecule has 0 fully saturated rings. The van der Waals surface area contributed by atoms with Crippen LogP contribution in [0.25, 0.3) is 21.9 Å². The van der Waals surface area contributed by atoms with Crippen LogP contribution in [0.3, 0.4) is 0 Å². The van der Waals surface area contributed by atoms with Crippen LogP contribution >= 0.6 is 0 Å². The monoisotopic (exact) mass is 483 g/mol. The second kappa shape index (κ2) is 10.1. The number of rotatable bonds is 1. The molecule has 91 valence electrons. The third kappa shape index (κ3) is 4.87. The molecule has 3 heteroatoms. The predicted octanol–water partition coefficient (Wildman–Crippen LogP) is 4.41. The molecule has 0 heterocycles. The fourth-order valence-electron chi connectivity index (χ4n) is 2.04. The third-order valence-corrected chi connectivity index (χ3v) is 2.96. The number of benzene rings is 3. The van der Waals surface area contributed by atoms with Gasteiger partial charge < -0.3 is 0 Å². The van der Waals surface area contributed by atoms with Crippen LogP contribution < -0.4 is 0 Å². The summed E-state index contributed by atoms with van der Waals surface area (Å²) in [7, 11) is 0. The Morgan fingerprint density at radius 3 is 2.25 bits per heavy atom. The van der Waals surface area contributed by atoms with Crippen molar-refractivity contribution >= 4 is 10.8 Å². The SMILES string of the molecule is Cc1c[c-]c(-c2[c-]ccc3ccccc23)cc1.[Y].[Y].[Y]. The number of hydrogen-bond acceptors (Lipinski definition) is 0. The van der Waals surface area contributed by atoms with E-state index in [0.29, 0.717) is 0 Å². The quantitative estimate of drug-likeness (QED) is 0.451. The standard InChI is InChI=1S/C17H12.3Y/c1-13-9-11-15(12-10-13)17-8-4-6-14-5-2-3-7-16(14)17;;;/h2-7,9-11H,1H3;;;/q-2;;;. The van der Waals surface area contributed by atoms with Crippen molar-refractivity contribution in [2.45, 2.75) is 6.92 Å². The zero-order chi connectivity index (χ0) is 11.7. The normalized spacial score (nSPS) is 9.05. The Morgan fingerprint density at radius 1 is 0.800 bits per heavy atom. The molecule has 0 saturated heterocycles. The molecule has 3 aromatic carbocycles. The predicted molar refractivity (Wildman–Crippen MR) is 71.8 cm³/mol. The van der Waals surface area contributed by atoms with Crippen LogP contribution in [-0.2, 0) is 98.1 Å². The van der Waals surface area contributed by atoms with Crippen LogP contribution in [0.4, 0.5) is 0 Å². The summed E-state index contributed by atoms with van der Waals surface area (Å²) in [4.78, 5) is 0. The van der Waals surface area contributed by atoms with E-state index in [9.17, 15) is 0 Å². The first-order valence-corrected chi connectivity index (χ1v) is 5.73. The van der Waals surface area contributed by atoms with Crippen molar-refractivity contribution in [3.8, 4) is 11.1 Å². The van der Waals surface area contributed by atoms with Crippen LogP contribution in [0.5, 0.6) is 0 Å². The summed E-state index contributed by atoms with van der Waals surface area (Å²) >= 11 is 0. The topological polar surface area (TPSA) is 0 Å². The molecule has 20 heavy (non-hydrogen) atoms. The Kier molecular flexibility index (Phi) is 10.7. The number of hydrogen-bond donors (Lipinski definition) is 0. The first-order chi connectivity index (χ1) is 8.34. The largest absolute Gasteiger partial charge is 0.226 e. The summed E-state index contributed by atoms with van der Waals surface area (Å²) < 4.78 is 0. The minimum absolute atomic E-state index is 0. The van der Waals surface area contributed by atoms with Gasteiger partial charge in [0.05, 0.1) is 0 Å². The van der Waals surface area contributed by atoms with Gasteiger partial charge in [-0.05, 0) is 0 Å². The zero-order valence-corrected chi connectivity index (χ0v) is 19.9. The molecule has 0 amide bonds. The maximum atomic E-state index is 3.32. The molecule has 0 unspecified atom stereocenters. The summed E-state index contributed by atoms with van der Waals surface area (Å²) in [5.74, 6) is 0. The Balaban J connectivity index is 0.00000120. The van der Waals surface area contributed by atoms with Crippen molar-refractivity contribution in [3.63, 3.8) is 0 Å². The fourth-order valence-corrected chi connectivity index (χ4v) is 2.04. The molecule has 0 aliphatic carbocycles. The van der Waals surface area contributed by atoms with Gasteiger partial charge in [0.25, 0.3) is 0 Å². The van der Waals surface area contributed by atoms with Gasteiger partial charge in [0.1, 0.15) is 0 Å². The molecule has 0 aromatic heterocycles. The second-order valence-electron chi connectivity index (χ2n) is 4.22. The molecule has 0 spiro atoms. The number of aryl methyl sites for hydroxylation is 1. The van der Waals surface area contributed by atoms with E-state index in [1.807, 2.05) is 12.1 Å². The Morgan fingerprint density at radius 2 is 1.55 bits per heavy atom. The molecule has 3 rings (SSSR count). The molecule has 0 bridgehead atoms. The maximum absolute atomic E-state index is 3.32. The average Bonchev–Trinajstić information content (AvgIpc) is 2.39. The van der Waals surface area contributed by atoms with Crippen LogP contribution in [0.1, 0.15) is 5.56 Å². The summed E-state index contributed by atoms with van der Waals surface area (Å²) in [6, 6.07) is 25.3. The molecule has 0 saturated carbocycles. The van der Waals surface area contributed by atoms with E-state index in [0.717, 1.165) is 11.1 Å². The van der Waals surface area contributed by atoms with E-state index in [2.05, 4.69) is 61.5 Å². The van der Waals surface area contributed by atoms with E-state index in [1.54, 1.807) is 0 Å². The van der Waals surface area contributed by atoms with Gasteiger partial charge in [0, 0.05) is 98.1 Å². The molecule has 0 nitrogen and oxygen atoms in total. The van der Waals surface area contributed by atoms with Crippen molar-refractivity contribution in [2.24, 2.45) is 0 Å². The van der Waals surface area contributed by atoms with Crippen molar-refractivity contribution in [2.75, 3.05) is 0 Å². The average molecular weight is 483 g/mol. The minimum Gasteiger partial charge on any atom is -0.226 e. The van der Waals surface area contributed by atoms with Gasteiger partial charge in [-0.25, -0.2) is 11.1 Å². The Hall–Kier alpha value is 1.23. The van der Waals surface area contributed by atoms with E-state index < -0.39 is 0 Å².